The Labute approximate surface area is 123 Å². The third-order valence-electron chi connectivity index (χ3n) is 2.56. The van der Waals surface area contributed by atoms with Crippen molar-refractivity contribution in [3.05, 3.63) is 37.1 Å². The van der Waals surface area contributed by atoms with Crippen LogP contribution in [0.1, 0.15) is 30.6 Å². The Balaban J connectivity index is 2.18. The summed E-state index contributed by atoms with van der Waals surface area (Å²) in [5.41, 5.74) is 1.52. The van der Waals surface area contributed by atoms with E-state index in [1.807, 2.05) is 26.2 Å². The summed E-state index contributed by atoms with van der Waals surface area (Å²) in [6.45, 7) is 6.39. The van der Waals surface area contributed by atoms with Gasteiger partial charge in [0.25, 0.3) is 5.56 Å². The van der Waals surface area contributed by atoms with Crippen molar-refractivity contribution >= 4 is 33.0 Å². The fourth-order valence-electron chi connectivity index (χ4n) is 1.61. The van der Waals surface area contributed by atoms with Gasteiger partial charge in [-0.05, 0) is 36.7 Å². The van der Waals surface area contributed by atoms with E-state index in [9.17, 15) is 4.79 Å². The number of halogens is 1. The number of anilines is 1. The highest BCUT2D eigenvalue weighted by Gasteiger charge is 2.10. The molecule has 2 aromatic heterocycles. The van der Waals surface area contributed by atoms with Crippen molar-refractivity contribution < 1.29 is 0 Å². The number of aryl methyl sites for hydroxylation is 1. The third kappa shape index (κ3) is 3.22. The second kappa shape index (κ2) is 5.83. The molecule has 0 aliphatic heterocycles. The van der Waals surface area contributed by atoms with E-state index in [4.69, 9.17) is 0 Å². The Bertz CT molecular complexity index is 635. The van der Waals surface area contributed by atoms with Gasteiger partial charge in [-0.2, -0.15) is 5.10 Å². The number of nitrogens with one attached hydrogen (secondary N) is 1. The number of hydrogen-bond donors (Lipinski definition) is 1. The standard InChI is InChI=1S/C12H15BrN4OS/c1-7(2)17-12(18)11(13)10(5-15-17)14-4-9-6-19-8(3)16-9/h5-7,14H,4H2,1-3H3. The molecule has 0 unspecified atom stereocenters. The molecule has 7 heteroatoms. The minimum atomic E-state index is -0.130. The molecule has 2 rings (SSSR count). The normalized spacial score (nSPS) is 11.0. The van der Waals surface area contributed by atoms with E-state index in [1.54, 1.807) is 17.5 Å². The van der Waals surface area contributed by atoms with Crippen LogP contribution in [0.2, 0.25) is 0 Å². The molecule has 0 aliphatic rings. The molecule has 1 N–H and O–H groups in total. The predicted molar refractivity (Wildman–Crippen MR) is 80.8 cm³/mol. The molecule has 0 bridgehead atoms. The molecule has 0 fully saturated rings. The lowest BCUT2D eigenvalue weighted by Gasteiger charge is -2.11. The van der Waals surface area contributed by atoms with Gasteiger partial charge < -0.3 is 5.32 Å². The van der Waals surface area contributed by atoms with Gasteiger partial charge in [-0.3, -0.25) is 4.79 Å². The van der Waals surface area contributed by atoms with Crippen molar-refractivity contribution in [3.63, 3.8) is 0 Å². The summed E-state index contributed by atoms with van der Waals surface area (Å²) >= 11 is 4.93. The summed E-state index contributed by atoms with van der Waals surface area (Å²) in [6.07, 6.45) is 1.66. The summed E-state index contributed by atoms with van der Waals surface area (Å²) in [6, 6.07) is 0.0408. The van der Waals surface area contributed by atoms with E-state index in [0.717, 1.165) is 10.7 Å². The maximum absolute atomic E-state index is 12.0. The average molecular weight is 343 g/mol. The Morgan fingerprint density at radius 1 is 1.53 bits per heavy atom. The van der Waals surface area contributed by atoms with E-state index in [1.165, 1.54) is 4.68 Å². The first-order valence-electron chi connectivity index (χ1n) is 5.91. The molecule has 0 saturated carbocycles. The zero-order valence-electron chi connectivity index (χ0n) is 11.0. The van der Waals surface area contributed by atoms with Crippen LogP contribution in [-0.4, -0.2) is 14.8 Å². The average Bonchev–Trinajstić information content (AvgIpc) is 2.76. The summed E-state index contributed by atoms with van der Waals surface area (Å²) < 4.78 is 1.95. The highest BCUT2D eigenvalue weighted by molar-refractivity contribution is 9.10. The van der Waals surface area contributed by atoms with Crippen LogP contribution in [0.25, 0.3) is 0 Å². The quantitative estimate of drug-likeness (QED) is 0.927. The van der Waals surface area contributed by atoms with Crippen molar-refractivity contribution in [1.29, 1.82) is 0 Å². The van der Waals surface area contributed by atoms with Gasteiger partial charge in [0, 0.05) is 5.38 Å². The molecule has 5 nitrogen and oxygen atoms in total. The van der Waals surface area contributed by atoms with Gasteiger partial charge in [-0.15, -0.1) is 11.3 Å². The molecule has 0 atom stereocenters. The van der Waals surface area contributed by atoms with Crippen LogP contribution in [0, 0.1) is 6.92 Å². The van der Waals surface area contributed by atoms with Crippen molar-refractivity contribution in [2.45, 2.75) is 33.4 Å². The smallest absolute Gasteiger partial charge is 0.283 e. The van der Waals surface area contributed by atoms with E-state index in [0.29, 0.717) is 16.7 Å². The highest BCUT2D eigenvalue weighted by atomic mass is 79.9. The molecule has 0 amide bonds. The summed E-state index contributed by atoms with van der Waals surface area (Å²) in [5.74, 6) is 0. The molecule has 0 saturated heterocycles. The van der Waals surface area contributed by atoms with E-state index in [2.05, 4.69) is 31.3 Å². The predicted octanol–water partition coefficient (Wildman–Crippen LogP) is 2.96. The lowest BCUT2D eigenvalue weighted by Crippen LogP contribution is -2.26. The monoisotopic (exact) mass is 342 g/mol. The minimum Gasteiger partial charge on any atom is -0.377 e. The zero-order chi connectivity index (χ0) is 14.0. The molecule has 0 aliphatic carbocycles. The third-order valence-corrected chi connectivity index (χ3v) is 4.15. The first kappa shape index (κ1) is 14.2. The largest absolute Gasteiger partial charge is 0.377 e. The molecule has 2 heterocycles. The number of hydrogen-bond acceptors (Lipinski definition) is 5. The number of nitrogens with zero attached hydrogens (tertiary/aromatic N) is 3. The van der Waals surface area contributed by atoms with Gasteiger partial charge in [-0.1, -0.05) is 0 Å². The van der Waals surface area contributed by atoms with Crippen LogP contribution in [0.5, 0.6) is 0 Å². The number of thiazole rings is 1. The maximum Gasteiger partial charge on any atom is 0.283 e. The lowest BCUT2D eigenvalue weighted by atomic mass is 10.4. The Kier molecular flexibility index (Phi) is 4.36. The molecule has 102 valence electrons. The maximum atomic E-state index is 12.0. The molecular weight excluding hydrogens is 328 g/mol. The van der Waals surface area contributed by atoms with E-state index in [-0.39, 0.29) is 11.6 Å². The SMILES string of the molecule is Cc1nc(CNc2cnn(C(C)C)c(=O)c2Br)cs1. The van der Waals surface area contributed by atoms with Gasteiger partial charge in [0.2, 0.25) is 0 Å². The van der Waals surface area contributed by atoms with Gasteiger partial charge in [0.05, 0.1) is 35.2 Å². The van der Waals surface area contributed by atoms with Gasteiger partial charge >= 0.3 is 0 Å². The van der Waals surface area contributed by atoms with Crippen LogP contribution in [0.3, 0.4) is 0 Å². The first-order chi connectivity index (χ1) is 8.99. The molecule has 2 aromatic rings. The van der Waals surface area contributed by atoms with Crippen molar-refractivity contribution in [2.24, 2.45) is 0 Å². The van der Waals surface area contributed by atoms with Crippen LogP contribution in [0.4, 0.5) is 5.69 Å². The fourth-order valence-corrected chi connectivity index (χ4v) is 2.65. The number of rotatable bonds is 4. The summed E-state index contributed by atoms with van der Waals surface area (Å²) in [4.78, 5) is 16.4. The molecular formula is C12H15BrN4OS. The van der Waals surface area contributed by atoms with E-state index >= 15 is 0 Å². The Morgan fingerprint density at radius 3 is 2.84 bits per heavy atom. The van der Waals surface area contributed by atoms with Crippen LogP contribution >= 0.6 is 27.3 Å². The molecule has 19 heavy (non-hydrogen) atoms. The topological polar surface area (TPSA) is 59.8 Å². The van der Waals surface area contributed by atoms with Gasteiger partial charge in [-0.25, -0.2) is 9.67 Å². The van der Waals surface area contributed by atoms with Crippen LogP contribution < -0.4 is 10.9 Å². The zero-order valence-corrected chi connectivity index (χ0v) is 13.4. The van der Waals surface area contributed by atoms with Crippen molar-refractivity contribution in [3.8, 4) is 0 Å². The summed E-state index contributed by atoms with van der Waals surface area (Å²) in [7, 11) is 0. The van der Waals surface area contributed by atoms with Gasteiger partial charge in [0.15, 0.2) is 0 Å². The van der Waals surface area contributed by atoms with Crippen LogP contribution in [-0.2, 0) is 6.54 Å². The minimum absolute atomic E-state index is 0.0408. The highest BCUT2D eigenvalue weighted by Crippen LogP contribution is 2.18. The van der Waals surface area contributed by atoms with Gasteiger partial charge in [0.1, 0.15) is 4.47 Å². The second-order valence-corrected chi connectivity index (χ2v) is 6.28. The molecule has 0 radical (unpaired) electrons. The fraction of sp³-hybridized carbons (Fsp3) is 0.417. The Morgan fingerprint density at radius 2 is 2.26 bits per heavy atom. The number of aromatic nitrogens is 3. The second-order valence-electron chi connectivity index (χ2n) is 4.43. The molecule has 0 aromatic carbocycles. The first-order valence-corrected chi connectivity index (χ1v) is 7.58. The van der Waals surface area contributed by atoms with Crippen molar-refractivity contribution in [1.82, 2.24) is 14.8 Å². The Hall–Kier alpha value is -1.21. The summed E-state index contributed by atoms with van der Waals surface area (Å²) in [5, 5.41) is 10.4. The lowest BCUT2D eigenvalue weighted by molar-refractivity contribution is 0.501. The van der Waals surface area contributed by atoms with Crippen molar-refractivity contribution in [2.75, 3.05) is 5.32 Å². The van der Waals surface area contributed by atoms with E-state index < -0.39 is 0 Å². The van der Waals surface area contributed by atoms with Crippen LogP contribution in [0.15, 0.2) is 20.8 Å². The molecule has 0 spiro atoms.